The smallest absolute Gasteiger partial charge is 0.449 e. The van der Waals surface area contributed by atoms with Crippen LogP contribution in [0.25, 0.3) is 0 Å². The van der Waals surface area contributed by atoms with Crippen molar-refractivity contribution in [3.05, 3.63) is 45.1 Å². The number of aliphatic hydroxyl groups is 1. The lowest BCUT2D eigenvalue weighted by Crippen LogP contribution is -2.25. The Bertz CT molecular complexity index is 657. The number of hydrogen-bond acceptors (Lipinski definition) is 4. The molecular weight excluding hydrogens is 358 g/mol. The summed E-state index contributed by atoms with van der Waals surface area (Å²) in [6.45, 7) is 1.19. The van der Waals surface area contributed by atoms with E-state index in [0.29, 0.717) is 5.56 Å². The molecule has 126 valence electrons. The van der Waals surface area contributed by atoms with Crippen LogP contribution in [0, 0.1) is 5.41 Å². The van der Waals surface area contributed by atoms with E-state index in [1.165, 1.54) is 25.1 Å². The van der Waals surface area contributed by atoms with Gasteiger partial charge in [0.2, 0.25) is 5.76 Å². The van der Waals surface area contributed by atoms with E-state index in [0.717, 1.165) is 0 Å². The first-order valence-corrected chi connectivity index (χ1v) is 7.02. The summed E-state index contributed by atoms with van der Waals surface area (Å²) in [4.78, 5) is 11.7. The molecule has 0 aliphatic rings. The summed E-state index contributed by atoms with van der Waals surface area (Å²) in [5.41, 5.74) is -1.64. The summed E-state index contributed by atoms with van der Waals surface area (Å²) in [6, 6.07) is 4.20. The van der Waals surface area contributed by atoms with Crippen molar-refractivity contribution in [3.63, 3.8) is 0 Å². The van der Waals surface area contributed by atoms with E-state index in [2.05, 4.69) is 4.74 Å². The lowest BCUT2D eigenvalue weighted by molar-refractivity contribution is -0.141. The highest BCUT2D eigenvalue weighted by Crippen LogP contribution is 2.28. The zero-order valence-corrected chi connectivity index (χ0v) is 13.3. The van der Waals surface area contributed by atoms with Gasteiger partial charge in [0.25, 0.3) is 0 Å². The quantitative estimate of drug-likeness (QED) is 0.347. The molecule has 0 radical (unpaired) electrons. The Balaban J connectivity index is 3.19. The van der Waals surface area contributed by atoms with Crippen LogP contribution in [0.4, 0.5) is 13.2 Å². The number of hydrogen-bond donors (Lipinski definition) is 2. The van der Waals surface area contributed by atoms with Crippen molar-refractivity contribution in [1.29, 1.82) is 5.41 Å². The van der Waals surface area contributed by atoms with Crippen molar-refractivity contribution in [3.8, 4) is 0 Å². The van der Waals surface area contributed by atoms with Crippen LogP contribution in [0.5, 0.6) is 0 Å². The molecule has 0 aliphatic heterocycles. The van der Waals surface area contributed by atoms with Crippen LogP contribution in [0.2, 0.25) is 10.0 Å². The number of carbonyl (C=O) groups excluding carboxylic acids is 1. The lowest BCUT2D eigenvalue weighted by Gasteiger charge is -2.13. The van der Waals surface area contributed by atoms with Gasteiger partial charge in [0.15, 0.2) is 0 Å². The highest BCUT2D eigenvalue weighted by atomic mass is 35.5. The standard InChI is InChI=1S/C14H12Cl2F3NO3/c1-2-23-13(22)11(12(21)14(17,18)19)10(20)6-7-3-4-8(15)9(16)5-7/h3-5,20-21H,2,6H2,1H3. The predicted molar refractivity (Wildman–Crippen MR) is 80.2 cm³/mol. The molecule has 9 heteroatoms. The van der Waals surface area contributed by atoms with Gasteiger partial charge in [-0.2, -0.15) is 13.2 Å². The fraction of sp³-hybridized carbons (Fsp3) is 0.286. The van der Waals surface area contributed by atoms with E-state index < -0.39 is 29.2 Å². The Kier molecular flexibility index (Phi) is 6.47. The van der Waals surface area contributed by atoms with Crippen molar-refractivity contribution < 1.29 is 27.8 Å². The number of rotatable bonds is 5. The number of benzene rings is 1. The third-order valence-electron chi connectivity index (χ3n) is 2.65. The fourth-order valence-electron chi connectivity index (χ4n) is 1.65. The Hall–Kier alpha value is -1.73. The maximum Gasteiger partial charge on any atom is 0.449 e. The van der Waals surface area contributed by atoms with Crippen LogP contribution >= 0.6 is 23.2 Å². The number of allylic oxidation sites excluding steroid dienone is 1. The first kappa shape index (κ1) is 19.3. The summed E-state index contributed by atoms with van der Waals surface area (Å²) in [5.74, 6) is -3.59. The molecule has 0 amide bonds. The largest absolute Gasteiger partial charge is 0.504 e. The van der Waals surface area contributed by atoms with Gasteiger partial charge in [-0.3, -0.25) is 0 Å². The molecule has 0 aromatic heterocycles. The Morgan fingerprint density at radius 1 is 1.30 bits per heavy atom. The van der Waals surface area contributed by atoms with Crippen molar-refractivity contribution in [2.45, 2.75) is 19.5 Å². The molecule has 0 spiro atoms. The number of esters is 1. The fourth-order valence-corrected chi connectivity index (χ4v) is 1.97. The molecule has 4 nitrogen and oxygen atoms in total. The zero-order chi connectivity index (χ0) is 17.8. The molecule has 2 N–H and O–H groups in total. The van der Waals surface area contributed by atoms with E-state index in [4.69, 9.17) is 28.6 Å². The number of ether oxygens (including phenoxy) is 1. The van der Waals surface area contributed by atoms with E-state index in [1.54, 1.807) is 0 Å². The first-order chi connectivity index (χ1) is 10.6. The van der Waals surface area contributed by atoms with Crippen LogP contribution in [-0.4, -0.2) is 29.6 Å². The second-order valence-electron chi connectivity index (χ2n) is 4.35. The summed E-state index contributed by atoms with van der Waals surface area (Å²) >= 11 is 11.5. The minimum Gasteiger partial charge on any atom is -0.504 e. The summed E-state index contributed by atoms with van der Waals surface area (Å²) in [5, 5.41) is 17.4. The third-order valence-corrected chi connectivity index (χ3v) is 3.39. The zero-order valence-electron chi connectivity index (χ0n) is 11.8. The van der Waals surface area contributed by atoms with Crippen LogP contribution in [-0.2, 0) is 16.0 Å². The second-order valence-corrected chi connectivity index (χ2v) is 5.16. The van der Waals surface area contributed by atoms with E-state index >= 15 is 0 Å². The molecule has 0 atom stereocenters. The minimum atomic E-state index is -5.17. The maximum atomic E-state index is 12.7. The molecule has 1 aromatic rings. The van der Waals surface area contributed by atoms with Gasteiger partial charge in [0.1, 0.15) is 5.57 Å². The molecule has 0 unspecified atom stereocenters. The maximum absolute atomic E-state index is 12.7. The van der Waals surface area contributed by atoms with Crippen LogP contribution < -0.4 is 0 Å². The van der Waals surface area contributed by atoms with Gasteiger partial charge in [0.05, 0.1) is 22.4 Å². The molecule has 0 aliphatic carbocycles. The van der Waals surface area contributed by atoms with Gasteiger partial charge in [0, 0.05) is 6.42 Å². The predicted octanol–water partition coefficient (Wildman–Crippen LogP) is 4.49. The van der Waals surface area contributed by atoms with Crippen LogP contribution in [0.1, 0.15) is 12.5 Å². The third kappa shape index (κ3) is 5.14. The monoisotopic (exact) mass is 369 g/mol. The molecule has 1 aromatic carbocycles. The summed E-state index contributed by atoms with van der Waals surface area (Å²) < 4.78 is 42.5. The molecular formula is C14H12Cl2F3NO3. The first-order valence-electron chi connectivity index (χ1n) is 6.27. The van der Waals surface area contributed by atoms with Gasteiger partial charge in [-0.15, -0.1) is 0 Å². The van der Waals surface area contributed by atoms with Crippen LogP contribution in [0.15, 0.2) is 29.5 Å². The summed E-state index contributed by atoms with van der Waals surface area (Å²) in [7, 11) is 0. The lowest BCUT2D eigenvalue weighted by atomic mass is 10.0. The SMILES string of the molecule is CCOC(=O)C(C(=N)Cc1ccc(Cl)c(Cl)c1)=C(O)C(F)(F)F. The van der Waals surface area contributed by atoms with E-state index in [9.17, 15) is 23.1 Å². The number of carbonyl (C=O) groups is 1. The topological polar surface area (TPSA) is 70.4 Å². The van der Waals surface area contributed by atoms with Gasteiger partial charge in [-0.25, -0.2) is 4.79 Å². The molecule has 23 heavy (non-hydrogen) atoms. The Morgan fingerprint density at radius 2 is 1.91 bits per heavy atom. The number of alkyl halides is 3. The average molecular weight is 370 g/mol. The van der Waals surface area contributed by atoms with Crippen LogP contribution in [0.3, 0.4) is 0 Å². The highest BCUT2D eigenvalue weighted by molar-refractivity contribution is 6.42. The minimum absolute atomic E-state index is 0.152. The van der Waals surface area contributed by atoms with Crippen molar-refractivity contribution >= 4 is 34.9 Å². The molecule has 0 bridgehead atoms. The molecule has 0 saturated carbocycles. The summed E-state index contributed by atoms with van der Waals surface area (Å²) in [6.07, 6.45) is -5.54. The number of nitrogens with one attached hydrogen (secondary N) is 1. The highest BCUT2D eigenvalue weighted by Gasteiger charge is 2.40. The molecule has 0 fully saturated rings. The molecule has 1 rings (SSSR count). The van der Waals surface area contributed by atoms with Gasteiger partial charge in [-0.1, -0.05) is 29.3 Å². The van der Waals surface area contributed by atoms with Crippen molar-refractivity contribution in [1.82, 2.24) is 0 Å². The molecule has 0 saturated heterocycles. The van der Waals surface area contributed by atoms with E-state index in [1.807, 2.05) is 0 Å². The number of halogens is 5. The van der Waals surface area contributed by atoms with E-state index in [-0.39, 0.29) is 23.1 Å². The second kappa shape index (κ2) is 7.70. The van der Waals surface area contributed by atoms with Gasteiger partial charge >= 0.3 is 12.1 Å². The van der Waals surface area contributed by atoms with Gasteiger partial charge < -0.3 is 15.3 Å². The molecule has 0 heterocycles. The van der Waals surface area contributed by atoms with Crippen molar-refractivity contribution in [2.75, 3.05) is 6.61 Å². The Morgan fingerprint density at radius 3 is 2.39 bits per heavy atom. The number of aliphatic hydroxyl groups excluding tert-OH is 1. The normalized spacial score (nSPS) is 12.6. The van der Waals surface area contributed by atoms with Crippen molar-refractivity contribution in [2.24, 2.45) is 0 Å². The van der Waals surface area contributed by atoms with Gasteiger partial charge in [-0.05, 0) is 24.6 Å². The average Bonchev–Trinajstić information content (AvgIpc) is 2.42. The Labute approximate surface area is 140 Å².